The summed E-state index contributed by atoms with van der Waals surface area (Å²) in [7, 11) is -2.15. The van der Waals surface area contributed by atoms with Crippen LogP contribution in [-0.4, -0.2) is 32.8 Å². The number of benzene rings is 2. The van der Waals surface area contributed by atoms with Gasteiger partial charge >= 0.3 is 0 Å². The standard InChI is InChI=1S/C16H18FN3O3S/c1-20(10-12-5-2-3-8-15(12)17)11-16(21)19-13-6-4-7-14(9-13)24(18,22)23/h2-9H,10-11H2,1H3,(H,19,21)(H2,18,22,23). The van der Waals surface area contributed by atoms with E-state index in [-0.39, 0.29) is 29.7 Å². The van der Waals surface area contributed by atoms with E-state index in [1.165, 1.54) is 24.3 Å². The van der Waals surface area contributed by atoms with E-state index in [9.17, 15) is 17.6 Å². The van der Waals surface area contributed by atoms with E-state index in [1.807, 2.05) is 0 Å². The van der Waals surface area contributed by atoms with Crippen molar-refractivity contribution in [1.82, 2.24) is 4.90 Å². The number of nitrogens with zero attached hydrogens (tertiary/aromatic N) is 1. The maximum atomic E-state index is 13.6. The summed E-state index contributed by atoms with van der Waals surface area (Å²) in [5.74, 6) is -0.675. The lowest BCUT2D eigenvalue weighted by Crippen LogP contribution is -2.30. The quantitative estimate of drug-likeness (QED) is 0.826. The Labute approximate surface area is 140 Å². The number of nitrogens with one attached hydrogen (secondary N) is 1. The zero-order valence-corrected chi connectivity index (χ0v) is 13.9. The maximum absolute atomic E-state index is 13.6. The molecule has 0 heterocycles. The molecule has 24 heavy (non-hydrogen) atoms. The van der Waals surface area contributed by atoms with Gasteiger partial charge in [-0.2, -0.15) is 0 Å². The molecular formula is C16H18FN3O3S. The highest BCUT2D eigenvalue weighted by molar-refractivity contribution is 7.89. The van der Waals surface area contributed by atoms with Crippen LogP contribution in [0.15, 0.2) is 53.4 Å². The molecule has 128 valence electrons. The van der Waals surface area contributed by atoms with E-state index >= 15 is 0 Å². The van der Waals surface area contributed by atoms with Crippen LogP contribution in [0.3, 0.4) is 0 Å². The van der Waals surface area contributed by atoms with Gasteiger partial charge in [0.2, 0.25) is 15.9 Å². The minimum atomic E-state index is -3.83. The molecule has 8 heteroatoms. The number of hydrogen-bond donors (Lipinski definition) is 2. The summed E-state index contributed by atoms with van der Waals surface area (Å²) >= 11 is 0. The first-order valence-corrected chi connectivity index (χ1v) is 8.65. The van der Waals surface area contributed by atoms with E-state index in [0.717, 1.165) is 0 Å². The second-order valence-electron chi connectivity index (χ2n) is 5.38. The second kappa shape index (κ2) is 7.52. The van der Waals surface area contributed by atoms with E-state index in [4.69, 9.17) is 5.14 Å². The molecule has 0 saturated heterocycles. The van der Waals surface area contributed by atoms with Crippen LogP contribution in [0.2, 0.25) is 0 Å². The van der Waals surface area contributed by atoms with Crippen LogP contribution in [0.25, 0.3) is 0 Å². The fourth-order valence-corrected chi connectivity index (χ4v) is 2.73. The Hall–Kier alpha value is -2.29. The van der Waals surface area contributed by atoms with Crippen molar-refractivity contribution in [2.24, 2.45) is 5.14 Å². The van der Waals surface area contributed by atoms with Crippen LogP contribution in [0.5, 0.6) is 0 Å². The van der Waals surface area contributed by atoms with Gasteiger partial charge in [0.25, 0.3) is 0 Å². The number of carbonyl (C=O) groups excluding carboxylic acids is 1. The third-order valence-corrected chi connectivity index (χ3v) is 4.17. The third-order valence-electron chi connectivity index (χ3n) is 3.26. The number of amides is 1. The lowest BCUT2D eigenvalue weighted by Gasteiger charge is -2.17. The number of sulfonamides is 1. The monoisotopic (exact) mass is 351 g/mol. The SMILES string of the molecule is CN(CC(=O)Nc1cccc(S(N)(=O)=O)c1)Cc1ccccc1F. The fourth-order valence-electron chi connectivity index (χ4n) is 2.17. The van der Waals surface area contributed by atoms with E-state index < -0.39 is 10.0 Å². The van der Waals surface area contributed by atoms with Crippen molar-refractivity contribution >= 4 is 21.6 Å². The summed E-state index contributed by atoms with van der Waals surface area (Å²) in [6.07, 6.45) is 0. The van der Waals surface area contributed by atoms with Crippen LogP contribution in [0, 0.1) is 5.82 Å². The first-order valence-electron chi connectivity index (χ1n) is 7.10. The van der Waals surface area contributed by atoms with Gasteiger partial charge in [-0.15, -0.1) is 0 Å². The van der Waals surface area contributed by atoms with Gasteiger partial charge in [0, 0.05) is 17.8 Å². The first-order chi connectivity index (χ1) is 11.3. The van der Waals surface area contributed by atoms with Crippen molar-refractivity contribution in [1.29, 1.82) is 0 Å². The molecule has 2 aromatic carbocycles. The molecule has 0 saturated carbocycles. The van der Waals surface area contributed by atoms with Crippen molar-refractivity contribution in [3.05, 3.63) is 59.9 Å². The van der Waals surface area contributed by atoms with Crippen molar-refractivity contribution < 1.29 is 17.6 Å². The number of anilines is 1. The minimum Gasteiger partial charge on any atom is -0.325 e. The average molecular weight is 351 g/mol. The normalized spacial score (nSPS) is 11.5. The van der Waals surface area contributed by atoms with E-state index in [1.54, 1.807) is 36.2 Å². The summed E-state index contributed by atoms with van der Waals surface area (Å²) in [4.78, 5) is 13.6. The molecule has 0 bridgehead atoms. The van der Waals surface area contributed by atoms with Gasteiger partial charge < -0.3 is 5.32 Å². The van der Waals surface area contributed by atoms with Crippen molar-refractivity contribution in [2.45, 2.75) is 11.4 Å². The molecule has 2 aromatic rings. The van der Waals surface area contributed by atoms with Crippen LogP contribution in [0.4, 0.5) is 10.1 Å². The third kappa shape index (κ3) is 5.12. The number of nitrogens with two attached hydrogens (primary N) is 1. The summed E-state index contributed by atoms with van der Waals surface area (Å²) < 4.78 is 36.2. The summed E-state index contributed by atoms with van der Waals surface area (Å²) in [6, 6.07) is 12.0. The Morgan fingerprint density at radius 3 is 2.58 bits per heavy atom. The molecule has 1 amide bonds. The van der Waals surface area contributed by atoms with Gasteiger partial charge in [-0.25, -0.2) is 17.9 Å². The highest BCUT2D eigenvalue weighted by Gasteiger charge is 2.12. The van der Waals surface area contributed by atoms with Crippen molar-refractivity contribution in [3.8, 4) is 0 Å². The Morgan fingerprint density at radius 1 is 1.21 bits per heavy atom. The predicted octanol–water partition coefficient (Wildman–Crippen LogP) is 1.54. The molecular weight excluding hydrogens is 333 g/mol. The molecule has 0 radical (unpaired) electrons. The van der Waals surface area contributed by atoms with E-state index in [2.05, 4.69) is 5.32 Å². The largest absolute Gasteiger partial charge is 0.325 e. The van der Waals surface area contributed by atoms with Crippen molar-refractivity contribution in [2.75, 3.05) is 18.9 Å². The van der Waals surface area contributed by atoms with Crippen LogP contribution in [0.1, 0.15) is 5.56 Å². The average Bonchev–Trinajstić information content (AvgIpc) is 2.49. The molecule has 0 aromatic heterocycles. The number of likely N-dealkylation sites (N-methyl/N-ethyl adjacent to an activating group) is 1. The molecule has 0 spiro atoms. The van der Waals surface area contributed by atoms with Gasteiger partial charge in [-0.05, 0) is 31.3 Å². The van der Waals surface area contributed by atoms with E-state index in [0.29, 0.717) is 11.3 Å². The lowest BCUT2D eigenvalue weighted by atomic mass is 10.2. The molecule has 3 N–H and O–H groups in total. The molecule has 0 atom stereocenters. The smallest absolute Gasteiger partial charge is 0.238 e. The van der Waals surface area contributed by atoms with Crippen LogP contribution in [-0.2, 0) is 21.4 Å². The Kier molecular flexibility index (Phi) is 5.66. The Balaban J connectivity index is 1.97. The second-order valence-corrected chi connectivity index (χ2v) is 6.95. The molecule has 6 nitrogen and oxygen atoms in total. The zero-order valence-electron chi connectivity index (χ0n) is 13.1. The predicted molar refractivity (Wildman–Crippen MR) is 89.2 cm³/mol. The van der Waals surface area contributed by atoms with Crippen LogP contribution < -0.4 is 10.5 Å². The summed E-state index contributed by atoms with van der Waals surface area (Å²) in [6.45, 7) is 0.297. The van der Waals surface area contributed by atoms with Gasteiger partial charge in [0.15, 0.2) is 0 Å². The topological polar surface area (TPSA) is 92.5 Å². The molecule has 0 aliphatic heterocycles. The highest BCUT2D eigenvalue weighted by atomic mass is 32.2. The molecule has 0 unspecified atom stereocenters. The molecule has 0 aliphatic carbocycles. The number of hydrogen-bond acceptors (Lipinski definition) is 4. The van der Waals surface area contributed by atoms with Crippen LogP contribution >= 0.6 is 0 Å². The van der Waals surface area contributed by atoms with Gasteiger partial charge in [-0.1, -0.05) is 24.3 Å². The number of carbonyl (C=O) groups is 1. The zero-order chi connectivity index (χ0) is 17.7. The van der Waals surface area contributed by atoms with Gasteiger partial charge in [-0.3, -0.25) is 9.69 Å². The Bertz CT molecular complexity index is 840. The molecule has 2 rings (SSSR count). The first kappa shape index (κ1) is 18.1. The fraction of sp³-hybridized carbons (Fsp3) is 0.188. The van der Waals surface area contributed by atoms with Gasteiger partial charge in [0.1, 0.15) is 5.82 Å². The minimum absolute atomic E-state index is 0.0218. The number of halogens is 1. The molecule has 0 aliphatic rings. The number of rotatable bonds is 6. The highest BCUT2D eigenvalue weighted by Crippen LogP contribution is 2.14. The van der Waals surface area contributed by atoms with Crippen molar-refractivity contribution in [3.63, 3.8) is 0 Å². The Morgan fingerprint density at radius 2 is 1.92 bits per heavy atom. The lowest BCUT2D eigenvalue weighted by molar-refractivity contribution is -0.117. The maximum Gasteiger partial charge on any atom is 0.238 e. The summed E-state index contributed by atoms with van der Waals surface area (Å²) in [5.41, 5.74) is 0.815. The number of primary sulfonamides is 1. The summed E-state index contributed by atoms with van der Waals surface area (Å²) in [5, 5.41) is 7.64. The molecule has 0 fully saturated rings. The van der Waals surface area contributed by atoms with Gasteiger partial charge in [0.05, 0.1) is 11.4 Å².